The number of amides is 1. The zero-order valence-electron chi connectivity index (χ0n) is 12.9. The number of nitrogens with zero attached hydrogens (tertiary/aromatic N) is 2. The van der Waals surface area contributed by atoms with E-state index < -0.39 is 11.5 Å². The van der Waals surface area contributed by atoms with Crippen LogP contribution in [0.5, 0.6) is 0 Å². The SMILES string of the molecule is C[C@H](C(=O)NCC(=O)C(C)(C)C)n1cnc2ccccc21. The monoisotopic (exact) mass is 287 g/mol. The van der Waals surface area contributed by atoms with Crippen LogP contribution in [-0.2, 0) is 9.59 Å². The smallest absolute Gasteiger partial charge is 0.243 e. The first-order chi connectivity index (χ1) is 9.80. The Kier molecular flexibility index (Phi) is 4.11. The number of hydrogen-bond donors (Lipinski definition) is 1. The van der Waals surface area contributed by atoms with E-state index in [-0.39, 0.29) is 18.2 Å². The van der Waals surface area contributed by atoms with Gasteiger partial charge in [-0.2, -0.15) is 0 Å². The van der Waals surface area contributed by atoms with Gasteiger partial charge in [0.2, 0.25) is 5.91 Å². The number of nitrogens with one attached hydrogen (secondary N) is 1. The second-order valence-electron chi connectivity index (χ2n) is 6.21. The van der Waals surface area contributed by atoms with Gasteiger partial charge in [-0.3, -0.25) is 9.59 Å². The largest absolute Gasteiger partial charge is 0.347 e. The number of para-hydroxylation sites is 2. The summed E-state index contributed by atoms with van der Waals surface area (Å²) in [5.41, 5.74) is 1.31. The van der Waals surface area contributed by atoms with Gasteiger partial charge in [-0.05, 0) is 19.1 Å². The van der Waals surface area contributed by atoms with E-state index in [1.165, 1.54) is 0 Å². The molecule has 0 radical (unpaired) electrons. The molecule has 1 heterocycles. The van der Waals surface area contributed by atoms with E-state index in [0.29, 0.717) is 0 Å². The van der Waals surface area contributed by atoms with Gasteiger partial charge < -0.3 is 9.88 Å². The minimum atomic E-state index is -0.446. The molecule has 1 amide bonds. The minimum absolute atomic E-state index is 0.0125. The highest BCUT2D eigenvalue weighted by molar-refractivity contribution is 5.90. The van der Waals surface area contributed by atoms with E-state index in [1.807, 2.05) is 49.6 Å². The molecule has 1 N–H and O–H groups in total. The third kappa shape index (κ3) is 3.29. The molecule has 2 aromatic rings. The summed E-state index contributed by atoms with van der Waals surface area (Å²) in [5.74, 6) is -0.172. The topological polar surface area (TPSA) is 64.0 Å². The number of carbonyl (C=O) groups is 2. The third-order valence-electron chi connectivity index (χ3n) is 3.54. The van der Waals surface area contributed by atoms with Gasteiger partial charge in [0.05, 0.1) is 23.9 Å². The number of imidazole rings is 1. The van der Waals surface area contributed by atoms with Crippen LogP contribution in [0.25, 0.3) is 11.0 Å². The summed E-state index contributed by atoms with van der Waals surface area (Å²) in [6.07, 6.45) is 1.65. The number of Topliss-reactive ketones (excluding diaryl/α,β-unsaturated/α-hetero) is 1. The number of aromatic nitrogens is 2. The van der Waals surface area contributed by atoms with Gasteiger partial charge in [0.15, 0.2) is 5.78 Å². The zero-order valence-corrected chi connectivity index (χ0v) is 12.9. The van der Waals surface area contributed by atoms with Gasteiger partial charge in [-0.15, -0.1) is 0 Å². The molecule has 0 aliphatic carbocycles. The summed E-state index contributed by atoms with van der Waals surface area (Å²) in [7, 11) is 0. The summed E-state index contributed by atoms with van der Waals surface area (Å²) < 4.78 is 1.81. The fourth-order valence-electron chi connectivity index (χ4n) is 1.99. The molecule has 0 aliphatic heterocycles. The molecule has 0 unspecified atom stereocenters. The molecule has 1 atom stereocenters. The number of rotatable bonds is 4. The lowest BCUT2D eigenvalue weighted by atomic mass is 9.91. The van der Waals surface area contributed by atoms with Crippen molar-refractivity contribution in [3.63, 3.8) is 0 Å². The fraction of sp³-hybridized carbons (Fsp3) is 0.438. The third-order valence-corrected chi connectivity index (χ3v) is 3.54. The average molecular weight is 287 g/mol. The predicted molar refractivity (Wildman–Crippen MR) is 81.9 cm³/mol. The number of benzene rings is 1. The first-order valence-electron chi connectivity index (χ1n) is 7.03. The summed E-state index contributed by atoms with van der Waals surface area (Å²) >= 11 is 0. The van der Waals surface area contributed by atoms with E-state index >= 15 is 0 Å². The Morgan fingerprint density at radius 1 is 1.29 bits per heavy atom. The van der Waals surface area contributed by atoms with E-state index in [2.05, 4.69) is 10.3 Å². The lowest BCUT2D eigenvalue weighted by Crippen LogP contribution is -2.38. The van der Waals surface area contributed by atoms with Crippen molar-refractivity contribution in [3.05, 3.63) is 30.6 Å². The Balaban J connectivity index is 2.08. The molecule has 0 fully saturated rings. The number of fused-ring (bicyclic) bond motifs is 1. The summed E-state index contributed by atoms with van der Waals surface area (Å²) in [6.45, 7) is 7.38. The highest BCUT2D eigenvalue weighted by Crippen LogP contribution is 2.18. The van der Waals surface area contributed by atoms with E-state index in [0.717, 1.165) is 11.0 Å². The van der Waals surface area contributed by atoms with Crippen LogP contribution < -0.4 is 5.32 Å². The van der Waals surface area contributed by atoms with Crippen molar-refractivity contribution in [2.24, 2.45) is 5.41 Å². The summed E-state index contributed by atoms with van der Waals surface area (Å²) in [6, 6.07) is 7.23. The highest BCUT2D eigenvalue weighted by Gasteiger charge is 2.23. The Morgan fingerprint density at radius 3 is 2.62 bits per heavy atom. The van der Waals surface area contributed by atoms with E-state index in [9.17, 15) is 9.59 Å². The second-order valence-corrected chi connectivity index (χ2v) is 6.21. The van der Waals surface area contributed by atoms with Crippen LogP contribution in [0.15, 0.2) is 30.6 Å². The molecule has 0 bridgehead atoms. The Morgan fingerprint density at radius 2 is 1.95 bits per heavy atom. The molecule has 0 saturated carbocycles. The van der Waals surface area contributed by atoms with Crippen LogP contribution in [0.4, 0.5) is 0 Å². The lowest BCUT2D eigenvalue weighted by Gasteiger charge is -2.19. The molecular weight excluding hydrogens is 266 g/mol. The van der Waals surface area contributed by atoms with Gasteiger partial charge in [0.1, 0.15) is 6.04 Å². The van der Waals surface area contributed by atoms with Crippen LogP contribution in [0, 0.1) is 5.41 Å². The van der Waals surface area contributed by atoms with Crippen molar-refractivity contribution >= 4 is 22.7 Å². The molecule has 21 heavy (non-hydrogen) atoms. The van der Waals surface area contributed by atoms with Crippen molar-refractivity contribution < 1.29 is 9.59 Å². The second kappa shape index (κ2) is 5.68. The molecule has 1 aromatic heterocycles. The van der Waals surface area contributed by atoms with Crippen LogP contribution in [0.2, 0.25) is 0 Å². The molecule has 0 saturated heterocycles. The van der Waals surface area contributed by atoms with Crippen LogP contribution >= 0.6 is 0 Å². The van der Waals surface area contributed by atoms with E-state index in [4.69, 9.17) is 0 Å². The number of hydrogen-bond acceptors (Lipinski definition) is 3. The first-order valence-corrected chi connectivity index (χ1v) is 7.03. The normalized spacial score (nSPS) is 13.1. The van der Waals surface area contributed by atoms with Gasteiger partial charge in [-0.25, -0.2) is 4.98 Å². The fourth-order valence-corrected chi connectivity index (χ4v) is 1.99. The lowest BCUT2D eigenvalue weighted by molar-refractivity contribution is -0.130. The number of carbonyl (C=O) groups excluding carboxylic acids is 2. The van der Waals surface area contributed by atoms with Gasteiger partial charge >= 0.3 is 0 Å². The van der Waals surface area contributed by atoms with Crippen LogP contribution in [0.1, 0.15) is 33.7 Å². The van der Waals surface area contributed by atoms with Crippen LogP contribution in [0.3, 0.4) is 0 Å². The van der Waals surface area contributed by atoms with Gasteiger partial charge in [0.25, 0.3) is 0 Å². The van der Waals surface area contributed by atoms with Crippen LogP contribution in [-0.4, -0.2) is 27.8 Å². The molecule has 5 nitrogen and oxygen atoms in total. The number of ketones is 1. The van der Waals surface area contributed by atoms with Crippen molar-refractivity contribution in [1.29, 1.82) is 0 Å². The van der Waals surface area contributed by atoms with Gasteiger partial charge in [-0.1, -0.05) is 32.9 Å². The Hall–Kier alpha value is -2.17. The van der Waals surface area contributed by atoms with Gasteiger partial charge in [0, 0.05) is 5.41 Å². The predicted octanol–water partition coefficient (Wildman–Crippen LogP) is 2.33. The maximum atomic E-state index is 12.2. The quantitative estimate of drug-likeness (QED) is 0.938. The summed E-state index contributed by atoms with van der Waals surface area (Å²) in [5, 5.41) is 2.70. The Bertz CT molecular complexity index is 667. The molecule has 0 aliphatic rings. The molecule has 0 spiro atoms. The first kappa shape index (κ1) is 15.2. The minimum Gasteiger partial charge on any atom is -0.347 e. The van der Waals surface area contributed by atoms with Crippen molar-refractivity contribution in [1.82, 2.24) is 14.9 Å². The van der Waals surface area contributed by atoms with Crippen molar-refractivity contribution in [2.75, 3.05) is 6.54 Å². The van der Waals surface area contributed by atoms with Crippen molar-refractivity contribution in [3.8, 4) is 0 Å². The molecular formula is C16H21N3O2. The standard InChI is InChI=1S/C16H21N3O2/c1-11(15(21)17-9-14(20)16(2,3)4)19-10-18-12-7-5-6-8-13(12)19/h5-8,10-11H,9H2,1-4H3,(H,17,21)/t11-/m1/s1. The summed E-state index contributed by atoms with van der Waals surface area (Å²) in [4.78, 5) is 28.3. The Labute approximate surface area is 124 Å². The molecule has 112 valence electrons. The molecule has 2 rings (SSSR count). The average Bonchev–Trinajstić information content (AvgIpc) is 2.86. The maximum Gasteiger partial charge on any atom is 0.243 e. The highest BCUT2D eigenvalue weighted by atomic mass is 16.2. The van der Waals surface area contributed by atoms with Crippen molar-refractivity contribution in [2.45, 2.75) is 33.7 Å². The maximum absolute atomic E-state index is 12.2. The molecule has 1 aromatic carbocycles. The molecule has 5 heteroatoms. The van der Waals surface area contributed by atoms with E-state index in [1.54, 1.807) is 13.3 Å². The zero-order chi connectivity index (χ0) is 15.6.